The first-order valence-corrected chi connectivity index (χ1v) is 15.3. The minimum Gasteiger partial charge on any atom is -0.349 e. The molecule has 5 atom stereocenters. The third-order valence-corrected chi connectivity index (χ3v) is 7.09. The van der Waals surface area contributed by atoms with Crippen molar-refractivity contribution in [2.75, 3.05) is 13.2 Å². The summed E-state index contributed by atoms with van der Waals surface area (Å²) in [4.78, 5) is 36.5. The van der Waals surface area contributed by atoms with Crippen molar-refractivity contribution in [3.63, 3.8) is 0 Å². The van der Waals surface area contributed by atoms with Gasteiger partial charge in [-0.15, -0.1) is 0 Å². The van der Waals surface area contributed by atoms with E-state index in [1.165, 1.54) is 4.57 Å². The van der Waals surface area contributed by atoms with Crippen molar-refractivity contribution >= 4 is 37.6 Å². The summed E-state index contributed by atoms with van der Waals surface area (Å²) in [5.74, 6) is 0.0819. The monoisotopic (exact) mass is 516 g/mol. The molecule has 14 heteroatoms. The number of rotatable bonds is 11. The standard InChI is InChI=1S/C17H30N2O8P2S2/c1-5-6-7-24-29(23,31)27-13-8-15(26-14(13)10-25-28(21,22)30)19-9-12(4)16(11(2)3)18-17(19)20/h9,11,13-15H,5-8,10H2,1-4H3,(H,23,31)(H2,21,22,30)/t13-,14-,15-,29?/m1/s1. The third kappa shape index (κ3) is 8.30. The highest BCUT2D eigenvalue weighted by Gasteiger charge is 2.41. The molecule has 0 aliphatic carbocycles. The highest BCUT2D eigenvalue weighted by molar-refractivity contribution is 8.44. The second-order valence-corrected chi connectivity index (χ2v) is 13.2. The predicted octanol–water partition coefficient (Wildman–Crippen LogP) is 3.43. The Balaban J connectivity index is 2.24. The summed E-state index contributed by atoms with van der Waals surface area (Å²) >= 11 is 8.57. The van der Waals surface area contributed by atoms with Crippen LogP contribution in [-0.4, -0.2) is 44.8 Å². The number of unbranched alkanes of at least 4 members (excludes halogenated alkanes) is 1. The van der Waals surface area contributed by atoms with Crippen LogP contribution in [0.1, 0.15) is 63.4 Å². The van der Waals surface area contributed by atoms with E-state index in [0.29, 0.717) is 12.1 Å². The lowest BCUT2D eigenvalue weighted by Gasteiger charge is -2.23. The number of hydrogen-bond donors (Lipinski definition) is 3. The van der Waals surface area contributed by atoms with E-state index in [2.05, 4.69) is 17.2 Å². The molecule has 1 fully saturated rings. The Labute approximate surface area is 192 Å². The van der Waals surface area contributed by atoms with Gasteiger partial charge in [-0.3, -0.25) is 9.09 Å². The van der Waals surface area contributed by atoms with Crippen molar-refractivity contribution in [1.82, 2.24) is 9.55 Å². The van der Waals surface area contributed by atoms with Crippen molar-refractivity contribution in [2.45, 2.75) is 71.3 Å². The minimum atomic E-state index is -4.08. The third-order valence-electron chi connectivity index (χ3n) is 4.64. The normalized spacial score (nSPS) is 25.5. The van der Waals surface area contributed by atoms with Gasteiger partial charge in [0.1, 0.15) is 12.3 Å². The van der Waals surface area contributed by atoms with Gasteiger partial charge in [0.25, 0.3) is 0 Å². The second kappa shape index (κ2) is 11.3. The van der Waals surface area contributed by atoms with Crippen LogP contribution in [0.2, 0.25) is 0 Å². The lowest BCUT2D eigenvalue weighted by molar-refractivity contribution is -0.0399. The molecule has 2 heterocycles. The van der Waals surface area contributed by atoms with Crippen molar-refractivity contribution in [2.24, 2.45) is 0 Å². The fraction of sp³-hybridized carbons (Fsp3) is 0.765. The molecule has 0 amide bonds. The van der Waals surface area contributed by atoms with E-state index in [9.17, 15) is 19.1 Å². The number of hydrogen-bond acceptors (Lipinski definition) is 8. The van der Waals surface area contributed by atoms with Crippen LogP contribution in [-0.2, 0) is 34.7 Å². The zero-order valence-electron chi connectivity index (χ0n) is 17.9. The largest absolute Gasteiger partial charge is 0.383 e. The molecule has 2 rings (SSSR count). The van der Waals surface area contributed by atoms with E-state index in [1.54, 1.807) is 6.20 Å². The predicted molar refractivity (Wildman–Crippen MR) is 123 cm³/mol. The van der Waals surface area contributed by atoms with Gasteiger partial charge in [0.05, 0.1) is 25.0 Å². The van der Waals surface area contributed by atoms with Gasteiger partial charge in [-0.2, -0.15) is 4.98 Å². The summed E-state index contributed by atoms with van der Waals surface area (Å²) in [6.45, 7) is -0.0749. The Morgan fingerprint density at radius 1 is 1.42 bits per heavy atom. The fourth-order valence-corrected chi connectivity index (χ4v) is 5.28. The van der Waals surface area contributed by atoms with E-state index in [1.807, 2.05) is 27.7 Å². The van der Waals surface area contributed by atoms with Crippen LogP contribution in [0, 0.1) is 6.92 Å². The average Bonchev–Trinajstić information content (AvgIpc) is 3.02. The zero-order valence-corrected chi connectivity index (χ0v) is 21.4. The first-order chi connectivity index (χ1) is 14.3. The van der Waals surface area contributed by atoms with Crippen LogP contribution in [0.3, 0.4) is 0 Å². The molecule has 2 unspecified atom stereocenters. The van der Waals surface area contributed by atoms with E-state index in [-0.39, 0.29) is 25.6 Å². The van der Waals surface area contributed by atoms with Crippen LogP contribution >= 0.6 is 25.8 Å². The molecule has 10 nitrogen and oxygen atoms in total. The molecule has 1 aromatic heterocycles. The first-order valence-electron chi connectivity index (χ1n) is 9.94. The van der Waals surface area contributed by atoms with Gasteiger partial charge in [-0.1, -0.05) is 39.4 Å². The summed E-state index contributed by atoms with van der Waals surface area (Å²) in [6.07, 6.45) is 0.830. The minimum absolute atomic E-state index is 0.0819. The summed E-state index contributed by atoms with van der Waals surface area (Å²) in [7, 11) is 0. The molecular formula is C17H30N2O8P2S2. The van der Waals surface area contributed by atoms with Gasteiger partial charge in [0.2, 0.25) is 0 Å². The topological polar surface area (TPSA) is 129 Å². The zero-order chi connectivity index (χ0) is 23.4. The van der Waals surface area contributed by atoms with Gasteiger partial charge in [0, 0.05) is 12.6 Å². The highest BCUT2D eigenvalue weighted by atomic mass is 32.7. The number of nitrogens with zero attached hydrogens (tertiary/aromatic N) is 2. The van der Waals surface area contributed by atoms with Gasteiger partial charge in [-0.25, -0.2) is 9.36 Å². The Bertz CT molecular complexity index is 907. The van der Waals surface area contributed by atoms with Gasteiger partial charge >= 0.3 is 19.2 Å². The summed E-state index contributed by atoms with van der Waals surface area (Å²) in [6, 6.07) is 0. The van der Waals surface area contributed by atoms with Gasteiger partial charge in [-0.05, 0) is 36.6 Å². The maximum absolute atomic E-state index is 12.6. The molecule has 0 aromatic carbocycles. The Hall–Kier alpha value is -0.130. The smallest absolute Gasteiger partial charge is 0.349 e. The number of thiol groups is 1. The van der Waals surface area contributed by atoms with Crippen molar-refractivity contribution in [3.05, 3.63) is 27.9 Å². The molecule has 1 aromatic rings. The number of aryl methyl sites for hydroxylation is 1. The molecule has 1 saturated heterocycles. The average molecular weight is 517 g/mol. The molecule has 0 spiro atoms. The first kappa shape index (κ1) is 27.1. The molecule has 31 heavy (non-hydrogen) atoms. The fourth-order valence-electron chi connectivity index (χ4n) is 3.20. The van der Waals surface area contributed by atoms with Crippen LogP contribution in [0.15, 0.2) is 11.0 Å². The summed E-state index contributed by atoms with van der Waals surface area (Å²) in [5.41, 5.74) is 1.02. The Morgan fingerprint density at radius 2 is 2.10 bits per heavy atom. The van der Waals surface area contributed by atoms with E-state index in [0.717, 1.165) is 12.0 Å². The maximum Gasteiger partial charge on any atom is 0.383 e. The highest BCUT2D eigenvalue weighted by Crippen LogP contribution is 2.51. The van der Waals surface area contributed by atoms with Crippen LogP contribution in [0.5, 0.6) is 0 Å². The maximum atomic E-state index is 12.6. The van der Waals surface area contributed by atoms with Crippen molar-refractivity contribution in [1.29, 1.82) is 0 Å². The van der Waals surface area contributed by atoms with Crippen molar-refractivity contribution < 1.29 is 32.7 Å². The van der Waals surface area contributed by atoms with E-state index in [4.69, 9.17) is 30.1 Å². The summed E-state index contributed by atoms with van der Waals surface area (Å²) in [5, 5.41) is 0. The Morgan fingerprint density at radius 3 is 2.68 bits per heavy atom. The molecule has 2 N–H and O–H groups in total. The number of aromatic nitrogens is 2. The summed E-state index contributed by atoms with van der Waals surface area (Å²) < 4.78 is 34.5. The van der Waals surface area contributed by atoms with Gasteiger partial charge < -0.3 is 23.6 Å². The Kier molecular flexibility index (Phi) is 9.91. The van der Waals surface area contributed by atoms with Crippen LogP contribution in [0.4, 0.5) is 0 Å². The lowest BCUT2D eigenvalue weighted by Crippen LogP contribution is -2.29. The van der Waals surface area contributed by atoms with Crippen molar-refractivity contribution in [3.8, 4) is 0 Å². The van der Waals surface area contributed by atoms with Crippen LogP contribution < -0.4 is 5.69 Å². The molecule has 1 aliphatic heterocycles. The lowest BCUT2D eigenvalue weighted by atomic mass is 10.1. The number of ether oxygens (including phenoxy) is 1. The molecule has 0 bridgehead atoms. The van der Waals surface area contributed by atoms with E-state index >= 15 is 0 Å². The SMILES string of the molecule is CCCCOP(O)(=S)O[C@@H]1C[C@H](n2cc(C)c(C(C)C)nc2=O)O[C@@H]1COP(=O)(O)S. The molecular weight excluding hydrogens is 486 g/mol. The van der Waals surface area contributed by atoms with Crippen LogP contribution in [0.25, 0.3) is 0 Å². The molecule has 0 saturated carbocycles. The second-order valence-electron chi connectivity index (χ2n) is 7.60. The quantitative estimate of drug-likeness (QED) is 0.229. The van der Waals surface area contributed by atoms with E-state index < -0.39 is 37.6 Å². The molecule has 1 aliphatic rings. The molecule has 178 valence electrons. The van der Waals surface area contributed by atoms with Gasteiger partial charge in [0.15, 0.2) is 0 Å². The molecule has 0 radical (unpaired) electrons.